The van der Waals surface area contributed by atoms with E-state index in [1.807, 2.05) is 56.3 Å². The number of aromatic nitrogens is 2. The second-order valence-electron chi connectivity index (χ2n) is 6.98. The van der Waals surface area contributed by atoms with Gasteiger partial charge in [0, 0.05) is 25.4 Å². The van der Waals surface area contributed by atoms with E-state index in [9.17, 15) is 9.59 Å². The van der Waals surface area contributed by atoms with E-state index in [0.717, 1.165) is 40.9 Å². The molecule has 0 bridgehead atoms. The van der Waals surface area contributed by atoms with Crippen LogP contribution in [-0.2, 0) is 19.4 Å². The van der Waals surface area contributed by atoms with Gasteiger partial charge in [0.15, 0.2) is 5.78 Å². The summed E-state index contributed by atoms with van der Waals surface area (Å²) in [5.41, 5.74) is 5.29. The fraction of sp³-hybridized carbons (Fsp3) is 0.250. The van der Waals surface area contributed by atoms with Crippen LogP contribution in [0.15, 0.2) is 60.9 Å². The smallest absolute Gasteiger partial charge is 0.319 e. The number of Topliss-reactive ketones (excluding diaryl/α,β-unsaturated/α-hetero) is 1. The average molecular weight is 402 g/mol. The van der Waals surface area contributed by atoms with Crippen LogP contribution < -0.4 is 10.6 Å². The first-order valence-corrected chi connectivity index (χ1v) is 10.1. The Kier molecular flexibility index (Phi) is 7.27. The quantitative estimate of drug-likeness (QED) is 0.542. The summed E-state index contributed by atoms with van der Waals surface area (Å²) in [4.78, 5) is 32.4. The van der Waals surface area contributed by atoms with Crippen molar-refractivity contribution in [1.82, 2.24) is 15.3 Å². The molecule has 0 aliphatic heterocycles. The number of ketones is 1. The van der Waals surface area contributed by atoms with E-state index in [-0.39, 0.29) is 11.8 Å². The van der Waals surface area contributed by atoms with Crippen LogP contribution >= 0.6 is 0 Å². The molecule has 0 aliphatic rings. The van der Waals surface area contributed by atoms with Crippen molar-refractivity contribution in [2.24, 2.45) is 0 Å². The Morgan fingerprint density at radius 1 is 0.900 bits per heavy atom. The Morgan fingerprint density at radius 3 is 2.40 bits per heavy atom. The molecule has 30 heavy (non-hydrogen) atoms. The summed E-state index contributed by atoms with van der Waals surface area (Å²) >= 11 is 0. The Hall–Kier alpha value is -3.54. The number of amides is 2. The highest BCUT2D eigenvalue weighted by Crippen LogP contribution is 2.14. The molecule has 2 amide bonds. The lowest BCUT2D eigenvalue weighted by molar-refractivity contribution is 0.0983. The van der Waals surface area contributed by atoms with Gasteiger partial charge in [0.1, 0.15) is 5.69 Å². The summed E-state index contributed by atoms with van der Waals surface area (Å²) in [5, 5.41) is 5.72. The number of urea groups is 1. The molecule has 1 aromatic carbocycles. The van der Waals surface area contributed by atoms with E-state index >= 15 is 0 Å². The number of benzene rings is 1. The first kappa shape index (κ1) is 21.2. The number of hydrogen-bond donors (Lipinski definition) is 2. The average Bonchev–Trinajstić information content (AvgIpc) is 2.78. The lowest BCUT2D eigenvalue weighted by Crippen LogP contribution is -2.28. The van der Waals surface area contributed by atoms with E-state index < -0.39 is 0 Å². The minimum atomic E-state index is -0.258. The molecule has 0 fully saturated rings. The lowest BCUT2D eigenvalue weighted by atomic mass is 10.0. The molecule has 2 aromatic heterocycles. The van der Waals surface area contributed by atoms with E-state index in [2.05, 4.69) is 20.6 Å². The van der Waals surface area contributed by atoms with Crippen molar-refractivity contribution in [3.05, 3.63) is 89.0 Å². The fourth-order valence-corrected chi connectivity index (χ4v) is 3.11. The minimum Gasteiger partial charge on any atom is -0.334 e. The maximum absolute atomic E-state index is 12.2. The van der Waals surface area contributed by atoms with Gasteiger partial charge in [-0.2, -0.15) is 0 Å². The molecule has 0 radical (unpaired) electrons. The van der Waals surface area contributed by atoms with Crippen LogP contribution in [0.4, 0.5) is 10.5 Å². The summed E-state index contributed by atoms with van der Waals surface area (Å²) in [5.74, 6) is 0.0499. The van der Waals surface area contributed by atoms with Crippen molar-refractivity contribution in [2.45, 2.75) is 39.7 Å². The highest BCUT2D eigenvalue weighted by atomic mass is 16.2. The Labute approximate surface area is 176 Å². The van der Waals surface area contributed by atoms with Gasteiger partial charge in [0.2, 0.25) is 0 Å². The van der Waals surface area contributed by atoms with Crippen molar-refractivity contribution >= 4 is 17.5 Å². The van der Waals surface area contributed by atoms with Crippen LogP contribution in [0, 0.1) is 0 Å². The largest absolute Gasteiger partial charge is 0.334 e. The van der Waals surface area contributed by atoms with Crippen molar-refractivity contribution in [3.63, 3.8) is 0 Å². The third kappa shape index (κ3) is 5.73. The van der Waals surface area contributed by atoms with Crippen LogP contribution in [0.1, 0.15) is 53.1 Å². The molecule has 0 unspecified atom stereocenters. The summed E-state index contributed by atoms with van der Waals surface area (Å²) in [7, 11) is 0. The van der Waals surface area contributed by atoms with Gasteiger partial charge in [-0.25, -0.2) is 4.79 Å². The third-order valence-electron chi connectivity index (χ3n) is 4.79. The molecular formula is C24H26N4O2. The summed E-state index contributed by atoms with van der Waals surface area (Å²) in [6.45, 7) is 4.27. The van der Waals surface area contributed by atoms with Gasteiger partial charge in [0.05, 0.1) is 11.4 Å². The third-order valence-corrected chi connectivity index (χ3v) is 4.79. The van der Waals surface area contributed by atoms with E-state index in [0.29, 0.717) is 18.7 Å². The Balaban J connectivity index is 1.54. The second kappa shape index (κ2) is 10.3. The topological polar surface area (TPSA) is 84.0 Å². The minimum absolute atomic E-state index is 0.0499. The van der Waals surface area contributed by atoms with Crippen molar-refractivity contribution in [1.29, 1.82) is 0 Å². The highest BCUT2D eigenvalue weighted by Gasteiger charge is 2.07. The zero-order chi connectivity index (χ0) is 21.3. The lowest BCUT2D eigenvalue weighted by Gasteiger charge is -2.10. The molecule has 2 N–H and O–H groups in total. The fourth-order valence-electron chi connectivity index (χ4n) is 3.11. The predicted molar refractivity (Wildman–Crippen MR) is 118 cm³/mol. The number of hydrogen-bond acceptors (Lipinski definition) is 4. The molecule has 0 aliphatic carbocycles. The molecule has 154 valence electrons. The van der Waals surface area contributed by atoms with Gasteiger partial charge in [-0.1, -0.05) is 38.1 Å². The highest BCUT2D eigenvalue weighted by molar-refractivity contribution is 5.94. The van der Waals surface area contributed by atoms with Crippen LogP contribution in [0.3, 0.4) is 0 Å². The van der Waals surface area contributed by atoms with Crippen molar-refractivity contribution < 1.29 is 9.59 Å². The van der Waals surface area contributed by atoms with Crippen LogP contribution in [0.25, 0.3) is 0 Å². The van der Waals surface area contributed by atoms with Crippen LogP contribution in [0.5, 0.6) is 0 Å². The second-order valence-corrected chi connectivity index (χ2v) is 6.98. The molecule has 3 aromatic rings. The summed E-state index contributed by atoms with van der Waals surface area (Å²) < 4.78 is 0. The van der Waals surface area contributed by atoms with Crippen molar-refractivity contribution in [3.8, 4) is 0 Å². The maximum Gasteiger partial charge on any atom is 0.319 e. The molecule has 2 heterocycles. The molecule has 0 saturated heterocycles. The number of carbonyl (C=O) groups excluding carboxylic acids is 2. The predicted octanol–water partition coefficient (Wildman–Crippen LogP) is 4.54. The Bertz CT molecular complexity index is 1020. The number of carbonyl (C=O) groups is 2. The van der Waals surface area contributed by atoms with Crippen LogP contribution in [0.2, 0.25) is 0 Å². The van der Waals surface area contributed by atoms with Crippen LogP contribution in [-0.4, -0.2) is 21.8 Å². The standard InChI is InChI=1S/C24H26N4O2/c1-3-20-21(6-5-12-25-20)28-24(30)27-16-18-9-7-17(8-10-18)14-19-11-13-26-22(15-19)23(29)4-2/h5-13,15H,3-4,14,16H2,1-2H3,(H2,27,28,30). The number of nitrogens with one attached hydrogen (secondary N) is 2. The summed E-state index contributed by atoms with van der Waals surface area (Å²) in [6, 6.07) is 15.2. The molecule has 0 spiro atoms. The van der Waals surface area contributed by atoms with Gasteiger partial charge in [0.25, 0.3) is 0 Å². The number of rotatable bonds is 8. The SMILES string of the molecule is CCC(=O)c1cc(Cc2ccc(CNC(=O)Nc3cccnc3CC)cc2)ccn1. The first-order chi connectivity index (χ1) is 14.6. The molecule has 6 heteroatoms. The zero-order valence-electron chi connectivity index (χ0n) is 17.3. The van der Waals surface area contributed by atoms with Gasteiger partial charge in [-0.05, 0) is 53.8 Å². The molecule has 0 atom stereocenters. The van der Waals surface area contributed by atoms with E-state index in [4.69, 9.17) is 0 Å². The van der Waals surface area contributed by atoms with E-state index in [1.54, 1.807) is 18.5 Å². The Morgan fingerprint density at radius 2 is 1.67 bits per heavy atom. The molecule has 3 rings (SSSR count). The van der Waals surface area contributed by atoms with Crippen molar-refractivity contribution in [2.75, 3.05) is 5.32 Å². The number of anilines is 1. The van der Waals surface area contributed by atoms with Gasteiger partial charge in [-0.15, -0.1) is 0 Å². The summed E-state index contributed by atoms with van der Waals surface area (Å²) in [6.07, 6.45) is 5.33. The number of nitrogens with zero attached hydrogens (tertiary/aromatic N) is 2. The van der Waals surface area contributed by atoms with E-state index in [1.165, 1.54) is 0 Å². The normalized spacial score (nSPS) is 10.5. The number of pyridine rings is 2. The van der Waals surface area contributed by atoms with Gasteiger partial charge in [-0.3, -0.25) is 14.8 Å². The molecular weight excluding hydrogens is 376 g/mol. The molecule has 0 saturated carbocycles. The molecule has 6 nitrogen and oxygen atoms in total. The zero-order valence-corrected chi connectivity index (χ0v) is 17.3. The monoisotopic (exact) mass is 402 g/mol. The maximum atomic E-state index is 12.2. The van der Waals surface area contributed by atoms with Gasteiger partial charge < -0.3 is 10.6 Å². The van der Waals surface area contributed by atoms with Gasteiger partial charge >= 0.3 is 6.03 Å². The first-order valence-electron chi connectivity index (χ1n) is 10.1. The number of aryl methyl sites for hydroxylation is 1.